The normalized spacial score (nSPS) is 12.7. The molecular formula is C18H31N3O2. The van der Waals surface area contributed by atoms with Crippen LogP contribution in [0.1, 0.15) is 52.6 Å². The minimum Gasteiger partial charge on any atom is -0.490 e. The summed E-state index contributed by atoms with van der Waals surface area (Å²) in [6, 6.07) is 6.20. The lowest BCUT2D eigenvalue weighted by molar-refractivity contribution is 0.287. The van der Waals surface area contributed by atoms with Crippen LogP contribution in [0.25, 0.3) is 0 Å². The molecule has 0 saturated carbocycles. The molecule has 23 heavy (non-hydrogen) atoms. The molecule has 0 aliphatic heterocycles. The van der Waals surface area contributed by atoms with E-state index in [0.29, 0.717) is 13.2 Å². The number of guanidine groups is 1. The maximum atomic E-state index is 5.70. The third-order valence-corrected chi connectivity index (χ3v) is 3.26. The number of nitrogens with one attached hydrogen (secondary N) is 2. The van der Waals surface area contributed by atoms with Gasteiger partial charge in [-0.05, 0) is 51.8 Å². The highest BCUT2D eigenvalue weighted by Crippen LogP contribution is 2.30. The van der Waals surface area contributed by atoms with Gasteiger partial charge in [-0.25, -0.2) is 0 Å². The molecule has 130 valence electrons. The van der Waals surface area contributed by atoms with Crippen molar-refractivity contribution in [3.8, 4) is 11.5 Å². The molecule has 0 aliphatic carbocycles. The van der Waals surface area contributed by atoms with Gasteiger partial charge in [0.2, 0.25) is 0 Å². The summed E-state index contributed by atoms with van der Waals surface area (Å²) < 4.78 is 11.3. The van der Waals surface area contributed by atoms with E-state index in [1.807, 2.05) is 26.0 Å². The highest BCUT2D eigenvalue weighted by atomic mass is 16.5. The van der Waals surface area contributed by atoms with Gasteiger partial charge in [0.05, 0.1) is 19.3 Å². The molecular weight excluding hydrogens is 290 g/mol. The number of hydrogen-bond donors (Lipinski definition) is 2. The van der Waals surface area contributed by atoms with Crippen molar-refractivity contribution in [2.45, 2.75) is 47.1 Å². The van der Waals surface area contributed by atoms with E-state index in [1.54, 1.807) is 0 Å². The van der Waals surface area contributed by atoms with Crippen molar-refractivity contribution in [1.29, 1.82) is 0 Å². The molecule has 2 N–H and O–H groups in total. The average molecular weight is 321 g/mol. The summed E-state index contributed by atoms with van der Waals surface area (Å²) in [5, 5.41) is 6.70. The van der Waals surface area contributed by atoms with Crippen LogP contribution in [0, 0.1) is 0 Å². The Kier molecular flexibility index (Phi) is 8.95. The summed E-state index contributed by atoms with van der Waals surface area (Å²) in [6.45, 7) is 13.2. The Hall–Kier alpha value is -1.91. The maximum absolute atomic E-state index is 5.70. The molecule has 0 radical (unpaired) electrons. The van der Waals surface area contributed by atoms with Crippen LogP contribution in [0.5, 0.6) is 11.5 Å². The molecule has 0 fully saturated rings. The zero-order chi connectivity index (χ0) is 17.1. The monoisotopic (exact) mass is 321 g/mol. The topological polar surface area (TPSA) is 54.9 Å². The van der Waals surface area contributed by atoms with Gasteiger partial charge in [-0.3, -0.25) is 4.99 Å². The van der Waals surface area contributed by atoms with Crippen molar-refractivity contribution in [3.05, 3.63) is 23.8 Å². The molecule has 1 unspecified atom stereocenters. The lowest BCUT2D eigenvalue weighted by atomic mass is 10.1. The van der Waals surface area contributed by atoms with Crippen LogP contribution in [0.2, 0.25) is 0 Å². The average Bonchev–Trinajstić information content (AvgIpc) is 2.54. The minimum atomic E-state index is 0.125. The molecule has 5 heteroatoms. The quantitative estimate of drug-likeness (QED) is 0.540. The first-order valence-electron chi connectivity index (χ1n) is 8.60. The van der Waals surface area contributed by atoms with Gasteiger partial charge in [0, 0.05) is 13.1 Å². The number of ether oxygens (including phenoxy) is 2. The summed E-state index contributed by atoms with van der Waals surface area (Å²) in [5.74, 6) is 2.42. The molecule has 1 rings (SSSR count). The second-order valence-electron chi connectivity index (χ2n) is 5.20. The predicted octanol–water partition coefficient (Wildman–Crippen LogP) is 3.51. The van der Waals surface area contributed by atoms with E-state index in [9.17, 15) is 0 Å². The van der Waals surface area contributed by atoms with E-state index in [4.69, 9.17) is 9.47 Å². The zero-order valence-electron chi connectivity index (χ0n) is 15.1. The van der Waals surface area contributed by atoms with E-state index in [0.717, 1.165) is 42.5 Å². The molecule has 1 aromatic carbocycles. The Morgan fingerprint density at radius 2 is 1.78 bits per heavy atom. The summed E-state index contributed by atoms with van der Waals surface area (Å²) in [6.07, 6.45) is 1.03. The van der Waals surface area contributed by atoms with E-state index in [-0.39, 0.29) is 6.04 Å². The van der Waals surface area contributed by atoms with Gasteiger partial charge >= 0.3 is 0 Å². The van der Waals surface area contributed by atoms with Gasteiger partial charge in [0.25, 0.3) is 0 Å². The van der Waals surface area contributed by atoms with E-state index >= 15 is 0 Å². The Labute approximate surface area is 140 Å². The lowest BCUT2D eigenvalue weighted by Crippen LogP contribution is -2.38. The third kappa shape index (κ3) is 6.38. The SMILES string of the molecule is CCCN=C(NCC)NC(C)c1ccc(OCC)c(OCC)c1. The Morgan fingerprint density at radius 1 is 1.09 bits per heavy atom. The van der Waals surface area contributed by atoms with Crippen LogP contribution < -0.4 is 20.1 Å². The van der Waals surface area contributed by atoms with Crippen molar-refractivity contribution in [2.24, 2.45) is 4.99 Å². The van der Waals surface area contributed by atoms with Gasteiger partial charge in [-0.1, -0.05) is 13.0 Å². The predicted molar refractivity (Wildman–Crippen MR) is 96.6 cm³/mol. The zero-order valence-corrected chi connectivity index (χ0v) is 15.1. The van der Waals surface area contributed by atoms with Crippen molar-refractivity contribution < 1.29 is 9.47 Å². The van der Waals surface area contributed by atoms with Crippen LogP contribution in [0.3, 0.4) is 0 Å². The van der Waals surface area contributed by atoms with Gasteiger partial charge in [0.1, 0.15) is 0 Å². The smallest absolute Gasteiger partial charge is 0.191 e. The molecule has 5 nitrogen and oxygen atoms in total. The van der Waals surface area contributed by atoms with Gasteiger partial charge in [0.15, 0.2) is 17.5 Å². The number of rotatable bonds is 9. The van der Waals surface area contributed by atoms with E-state index in [1.165, 1.54) is 0 Å². The number of hydrogen-bond acceptors (Lipinski definition) is 3. The Balaban J connectivity index is 2.88. The molecule has 0 heterocycles. The summed E-state index contributed by atoms with van der Waals surface area (Å²) in [4.78, 5) is 4.54. The van der Waals surface area contributed by atoms with Crippen molar-refractivity contribution in [2.75, 3.05) is 26.3 Å². The molecule has 0 aliphatic rings. The fraction of sp³-hybridized carbons (Fsp3) is 0.611. The highest BCUT2D eigenvalue weighted by Gasteiger charge is 2.12. The fourth-order valence-corrected chi connectivity index (χ4v) is 2.17. The van der Waals surface area contributed by atoms with Gasteiger partial charge < -0.3 is 20.1 Å². The summed E-state index contributed by atoms with van der Waals surface area (Å²) in [5.41, 5.74) is 1.14. The van der Waals surface area contributed by atoms with E-state index in [2.05, 4.69) is 42.5 Å². The number of nitrogens with zero attached hydrogens (tertiary/aromatic N) is 1. The third-order valence-electron chi connectivity index (χ3n) is 3.26. The molecule has 0 amide bonds. The number of benzene rings is 1. The van der Waals surface area contributed by atoms with Crippen LogP contribution in [-0.2, 0) is 0 Å². The van der Waals surface area contributed by atoms with Crippen molar-refractivity contribution in [3.63, 3.8) is 0 Å². The number of aliphatic imine (C=N–C) groups is 1. The second-order valence-corrected chi connectivity index (χ2v) is 5.20. The molecule has 1 atom stereocenters. The molecule has 0 bridgehead atoms. The van der Waals surface area contributed by atoms with Gasteiger partial charge in [-0.15, -0.1) is 0 Å². The molecule has 0 aromatic heterocycles. The van der Waals surface area contributed by atoms with Gasteiger partial charge in [-0.2, -0.15) is 0 Å². The summed E-state index contributed by atoms with van der Waals surface area (Å²) in [7, 11) is 0. The van der Waals surface area contributed by atoms with Crippen molar-refractivity contribution in [1.82, 2.24) is 10.6 Å². The highest BCUT2D eigenvalue weighted by molar-refractivity contribution is 5.80. The molecule has 1 aromatic rings. The summed E-state index contributed by atoms with van der Waals surface area (Å²) >= 11 is 0. The minimum absolute atomic E-state index is 0.125. The second kappa shape index (κ2) is 10.8. The first-order valence-corrected chi connectivity index (χ1v) is 8.60. The maximum Gasteiger partial charge on any atom is 0.191 e. The lowest BCUT2D eigenvalue weighted by Gasteiger charge is -2.20. The van der Waals surface area contributed by atoms with Crippen LogP contribution >= 0.6 is 0 Å². The Bertz CT molecular complexity index is 489. The molecule has 0 spiro atoms. The Morgan fingerprint density at radius 3 is 2.39 bits per heavy atom. The van der Waals surface area contributed by atoms with Crippen LogP contribution in [0.15, 0.2) is 23.2 Å². The van der Waals surface area contributed by atoms with Crippen molar-refractivity contribution >= 4 is 5.96 Å². The van der Waals surface area contributed by atoms with E-state index < -0.39 is 0 Å². The van der Waals surface area contributed by atoms with Crippen LogP contribution in [-0.4, -0.2) is 32.3 Å². The standard InChI is InChI=1S/C18H31N3O2/c1-6-12-20-18(19-7-2)21-14(5)15-10-11-16(22-8-3)17(13-15)23-9-4/h10-11,13-14H,6-9,12H2,1-5H3,(H2,19,20,21). The first kappa shape index (κ1) is 19.1. The molecule has 0 saturated heterocycles. The first-order chi connectivity index (χ1) is 11.2. The fourth-order valence-electron chi connectivity index (χ4n) is 2.17. The largest absolute Gasteiger partial charge is 0.490 e. The van der Waals surface area contributed by atoms with Crippen LogP contribution in [0.4, 0.5) is 0 Å².